The Morgan fingerprint density at radius 3 is 2.83 bits per heavy atom. The zero-order valence-corrected chi connectivity index (χ0v) is 10.5. The summed E-state index contributed by atoms with van der Waals surface area (Å²) in [6.07, 6.45) is 6.86. The minimum Gasteiger partial charge on any atom is -0.495 e. The quantitative estimate of drug-likeness (QED) is 0.895. The van der Waals surface area contributed by atoms with Crippen molar-refractivity contribution in [3.05, 3.63) is 53.6 Å². The second-order valence-electron chi connectivity index (χ2n) is 3.99. The molecule has 94 valence electrons. The highest BCUT2D eigenvalue weighted by molar-refractivity contribution is 5.35. The van der Waals surface area contributed by atoms with Crippen LogP contribution in [-0.4, -0.2) is 22.2 Å². The van der Waals surface area contributed by atoms with Gasteiger partial charge in [0, 0.05) is 24.2 Å². The molecule has 0 aliphatic heterocycles. The van der Waals surface area contributed by atoms with Gasteiger partial charge in [-0.3, -0.25) is 9.97 Å². The van der Waals surface area contributed by atoms with Crippen LogP contribution in [0.15, 0.2) is 36.9 Å². The summed E-state index contributed by atoms with van der Waals surface area (Å²) in [6, 6.07) is 3.63. The van der Waals surface area contributed by atoms with E-state index in [1.165, 1.54) is 0 Å². The highest BCUT2D eigenvalue weighted by Crippen LogP contribution is 2.26. The Labute approximate surface area is 106 Å². The fourth-order valence-electron chi connectivity index (χ4n) is 1.88. The van der Waals surface area contributed by atoms with Crippen molar-refractivity contribution in [3.8, 4) is 5.75 Å². The van der Waals surface area contributed by atoms with E-state index in [1.807, 2.05) is 13.0 Å². The van der Waals surface area contributed by atoms with Crippen LogP contribution in [0.4, 0.5) is 0 Å². The van der Waals surface area contributed by atoms with Crippen molar-refractivity contribution in [3.63, 3.8) is 0 Å². The molecule has 0 aromatic carbocycles. The molecule has 0 aliphatic carbocycles. The van der Waals surface area contributed by atoms with Crippen LogP contribution in [0.3, 0.4) is 0 Å². The maximum absolute atomic E-state index is 10.4. The van der Waals surface area contributed by atoms with Crippen molar-refractivity contribution in [1.29, 1.82) is 0 Å². The molecule has 0 aliphatic rings. The number of rotatable bonds is 4. The molecule has 2 aromatic heterocycles. The minimum absolute atomic E-state index is 0.638. The van der Waals surface area contributed by atoms with Crippen LogP contribution >= 0.6 is 0 Å². The Kier molecular flexibility index (Phi) is 3.89. The second kappa shape index (κ2) is 5.60. The fourth-order valence-corrected chi connectivity index (χ4v) is 1.88. The third-order valence-electron chi connectivity index (χ3n) is 2.90. The topological polar surface area (TPSA) is 55.2 Å². The number of aryl methyl sites for hydroxylation is 1. The van der Waals surface area contributed by atoms with Gasteiger partial charge in [-0.2, -0.15) is 0 Å². The van der Waals surface area contributed by atoms with Gasteiger partial charge in [-0.1, -0.05) is 6.92 Å². The molecule has 0 fully saturated rings. The van der Waals surface area contributed by atoms with Gasteiger partial charge in [0.2, 0.25) is 0 Å². The molecule has 4 nitrogen and oxygen atoms in total. The van der Waals surface area contributed by atoms with E-state index >= 15 is 0 Å². The molecule has 0 spiro atoms. The van der Waals surface area contributed by atoms with Gasteiger partial charge in [0.25, 0.3) is 0 Å². The van der Waals surface area contributed by atoms with Crippen LogP contribution in [0.2, 0.25) is 0 Å². The third kappa shape index (κ3) is 2.49. The highest BCUT2D eigenvalue weighted by atomic mass is 16.5. The van der Waals surface area contributed by atoms with Crippen molar-refractivity contribution < 1.29 is 9.84 Å². The van der Waals surface area contributed by atoms with E-state index in [2.05, 4.69) is 9.97 Å². The average Bonchev–Trinajstić information content (AvgIpc) is 2.46. The molecule has 18 heavy (non-hydrogen) atoms. The SMILES string of the molecule is CCc1cnccc1C(O)c1cncc(OC)c1. The molecular weight excluding hydrogens is 228 g/mol. The number of hydrogen-bond donors (Lipinski definition) is 1. The predicted octanol–water partition coefficient (Wildman–Crippen LogP) is 2.13. The van der Waals surface area contributed by atoms with E-state index in [4.69, 9.17) is 4.74 Å². The standard InChI is InChI=1S/C14H16N2O2/c1-3-10-7-15-5-4-13(10)14(17)11-6-12(18-2)9-16-8-11/h4-9,14,17H,3H2,1-2H3. The maximum Gasteiger partial charge on any atom is 0.137 e. The Morgan fingerprint density at radius 1 is 1.28 bits per heavy atom. The van der Waals surface area contributed by atoms with Crippen molar-refractivity contribution >= 4 is 0 Å². The van der Waals surface area contributed by atoms with E-state index in [0.717, 1.165) is 23.1 Å². The molecule has 4 heteroatoms. The van der Waals surface area contributed by atoms with Gasteiger partial charge in [0.05, 0.1) is 13.3 Å². The first-order valence-electron chi connectivity index (χ1n) is 5.86. The van der Waals surface area contributed by atoms with Gasteiger partial charge in [-0.05, 0) is 29.7 Å². The van der Waals surface area contributed by atoms with Crippen molar-refractivity contribution in [1.82, 2.24) is 9.97 Å². The van der Waals surface area contributed by atoms with E-state index in [9.17, 15) is 5.11 Å². The second-order valence-corrected chi connectivity index (χ2v) is 3.99. The Bertz CT molecular complexity index is 529. The lowest BCUT2D eigenvalue weighted by Gasteiger charge is -2.15. The molecule has 1 unspecified atom stereocenters. The monoisotopic (exact) mass is 244 g/mol. The molecule has 2 heterocycles. The predicted molar refractivity (Wildman–Crippen MR) is 68.5 cm³/mol. The van der Waals surface area contributed by atoms with Gasteiger partial charge in [-0.25, -0.2) is 0 Å². The van der Waals surface area contributed by atoms with Crippen LogP contribution in [-0.2, 0) is 6.42 Å². The van der Waals surface area contributed by atoms with E-state index in [0.29, 0.717) is 5.75 Å². The molecule has 1 N–H and O–H groups in total. The lowest BCUT2D eigenvalue weighted by atomic mass is 9.98. The van der Waals surface area contributed by atoms with Crippen LogP contribution in [0.25, 0.3) is 0 Å². The summed E-state index contributed by atoms with van der Waals surface area (Å²) < 4.78 is 5.11. The number of hydrogen-bond acceptors (Lipinski definition) is 4. The zero-order chi connectivity index (χ0) is 13.0. The largest absolute Gasteiger partial charge is 0.495 e. The molecular formula is C14H16N2O2. The van der Waals surface area contributed by atoms with Crippen LogP contribution in [0.5, 0.6) is 5.75 Å². The lowest BCUT2D eigenvalue weighted by molar-refractivity contribution is 0.218. The Balaban J connectivity index is 2.37. The van der Waals surface area contributed by atoms with Crippen molar-refractivity contribution in [2.75, 3.05) is 7.11 Å². The number of aromatic nitrogens is 2. The van der Waals surface area contributed by atoms with Crippen LogP contribution in [0, 0.1) is 0 Å². The summed E-state index contributed by atoms with van der Waals surface area (Å²) in [7, 11) is 1.58. The van der Waals surface area contributed by atoms with E-state index in [-0.39, 0.29) is 0 Å². The van der Waals surface area contributed by atoms with Crippen molar-refractivity contribution in [2.45, 2.75) is 19.4 Å². The first-order chi connectivity index (χ1) is 8.76. The number of pyridine rings is 2. The van der Waals surface area contributed by atoms with E-state index in [1.54, 1.807) is 38.0 Å². The smallest absolute Gasteiger partial charge is 0.137 e. The first kappa shape index (κ1) is 12.5. The molecule has 0 saturated heterocycles. The highest BCUT2D eigenvalue weighted by Gasteiger charge is 2.14. The molecule has 0 saturated carbocycles. The summed E-state index contributed by atoms with van der Waals surface area (Å²) in [6.45, 7) is 2.04. The minimum atomic E-state index is -0.703. The maximum atomic E-state index is 10.4. The van der Waals surface area contributed by atoms with Gasteiger partial charge < -0.3 is 9.84 Å². The van der Waals surface area contributed by atoms with Crippen LogP contribution in [0.1, 0.15) is 29.7 Å². The summed E-state index contributed by atoms with van der Waals surface area (Å²) >= 11 is 0. The van der Waals surface area contributed by atoms with Crippen molar-refractivity contribution in [2.24, 2.45) is 0 Å². The van der Waals surface area contributed by atoms with Gasteiger partial charge in [-0.15, -0.1) is 0 Å². The summed E-state index contributed by atoms with van der Waals surface area (Å²) in [4.78, 5) is 8.13. The Morgan fingerprint density at radius 2 is 2.11 bits per heavy atom. The van der Waals surface area contributed by atoms with Crippen LogP contribution < -0.4 is 4.74 Å². The molecule has 1 atom stereocenters. The normalized spacial score (nSPS) is 12.2. The number of nitrogens with zero attached hydrogens (tertiary/aromatic N) is 2. The summed E-state index contributed by atoms with van der Waals surface area (Å²) in [5.41, 5.74) is 2.62. The summed E-state index contributed by atoms with van der Waals surface area (Å²) in [5.74, 6) is 0.638. The first-order valence-corrected chi connectivity index (χ1v) is 5.86. The number of methoxy groups -OCH3 is 1. The molecule has 0 radical (unpaired) electrons. The number of ether oxygens (including phenoxy) is 1. The average molecular weight is 244 g/mol. The summed E-state index contributed by atoms with van der Waals surface area (Å²) in [5, 5.41) is 10.4. The molecule has 2 rings (SSSR count). The third-order valence-corrected chi connectivity index (χ3v) is 2.90. The molecule has 2 aromatic rings. The number of aliphatic hydroxyl groups excluding tert-OH is 1. The lowest BCUT2D eigenvalue weighted by Crippen LogP contribution is -2.04. The number of aliphatic hydroxyl groups is 1. The van der Waals surface area contributed by atoms with Gasteiger partial charge >= 0.3 is 0 Å². The Hall–Kier alpha value is -1.94. The van der Waals surface area contributed by atoms with Gasteiger partial charge in [0.1, 0.15) is 11.9 Å². The van der Waals surface area contributed by atoms with E-state index < -0.39 is 6.10 Å². The van der Waals surface area contributed by atoms with Gasteiger partial charge in [0.15, 0.2) is 0 Å². The molecule has 0 amide bonds. The molecule has 0 bridgehead atoms. The fraction of sp³-hybridized carbons (Fsp3) is 0.286. The zero-order valence-electron chi connectivity index (χ0n) is 10.5.